The molecule has 130 valence electrons. The first-order valence-corrected chi connectivity index (χ1v) is 9.33. The van der Waals surface area contributed by atoms with Crippen molar-refractivity contribution in [2.45, 2.75) is 51.1 Å². The fraction of sp³-hybridized carbons (Fsp3) is 0.588. The third-order valence-corrected chi connectivity index (χ3v) is 6.09. The summed E-state index contributed by atoms with van der Waals surface area (Å²) in [5.41, 5.74) is -1.07. The number of nitrogens with one attached hydrogen (secondary N) is 1. The van der Waals surface area contributed by atoms with Gasteiger partial charge in [-0.25, -0.2) is 4.79 Å². The number of hydrogen-bond donors (Lipinski definition) is 1. The number of piperidine rings is 1. The predicted molar refractivity (Wildman–Crippen MR) is 91.6 cm³/mol. The maximum Gasteiger partial charge on any atom is 0.325 e. The summed E-state index contributed by atoms with van der Waals surface area (Å²) in [5, 5.41) is 4.61. The monoisotopic (exact) mass is 349 g/mol. The van der Waals surface area contributed by atoms with Crippen molar-refractivity contribution in [1.29, 1.82) is 0 Å². The molecule has 0 bridgehead atoms. The maximum absolute atomic E-state index is 12.8. The van der Waals surface area contributed by atoms with Crippen molar-refractivity contribution in [2.75, 3.05) is 13.1 Å². The first-order valence-electron chi connectivity index (χ1n) is 8.45. The van der Waals surface area contributed by atoms with Gasteiger partial charge < -0.3 is 10.2 Å². The molecule has 3 heterocycles. The maximum atomic E-state index is 12.8. The van der Waals surface area contributed by atoms with E-state index in [-0.39, 0.29) is 24.4 Å². The largest absolute Gasteiger partial charge is 0.338 e. The van der Waals surface area contributed by atoms with Crippen LogP contribution >= 0.6 is 11.3 Å². The Hall–Kier alpha value is -1.89. The Bertz CT molecular complexity index is 646. The van der Waals surface area contributed by atoms with Gasteiger partial charge in [0.2, 0.25) is 5.91 Å². The summed E-state index contributed by atoms with van der Waals surface area (Å²) >= 11 is 1.42. The van der Waals surface area contributed by atoms with E-state index in [9.17, 15) is 14.4 Å². The lowest BCUT2D eigenvalue weighted by Crippen LogP contribution is -2.49. The summed E-state index contributed by atoms with van der Waals surface area (Å²) in [6, 6.07) is 3.40. The summed E-state index contributed by atoms with van der Waals surface area (Å²) in [5.74, 6) is -0.492. The number of nitrogens with zero attached hydrogens (tertiary/aromatic N) is 2. The van der Waals surface area contributed by atoms with Crippen molar-refractivity contribution in [3.63, 3.8) is 0 Å². The highest BCUT2D eigenvalue weighted by molar-refractivity contribution is 7.10. The van der Waals surface area contributed by atoms with E-state index in [4.69, 9.17) is 0 Å². The number of amides is 4. The highest BCUT2D eigenvalue weighted by Gasteiger charge is 2.50. The van der Waals surface area contributed by atoms with Crippen LogP contribution in [0.3, 0.4) is 0 Å². The van der Waals surface area contributed by atoms with Gasteiger partial charge in [-0.2, -0.15) is 0 Å². The molecule has 24 heavy (non-hydrogen) atoms. The van der Waals surface area contributed by atoms with E-state index in [1.807, 2.05) is 22.4 Å². The zero-order chi connectivity index (χ0) is 17.3. The van der Waals surface area contributed by atoms with Gasteiger partial charge in [0.15, 0.2) is 5.54 Å². The fourth-order valence-corrected chi connectivity index (χ4v) is 4.38. The first kappa shape index (κ1) is 17.0. The number of carbonyl (C=O) groups is 3. The molecule has 0 saturated carbocycles. The van der Waals surface area contributed by atoms with Crippen molar-refractivity contribution < 1.29 is 14.4 Å². The van der Waals surface area contributed by atoms with Crippen LogP contribution < -0.4 is 5.32 Å². The highest BCUT2D eigenvalue weighted by atomic mass is 32.1. The van der Waals surface area contributed by atoms with Crippen molar-refractivity contribution in [1.82, 2.24) is 15.1 Å². The Labute approximate surface area is 145 Å². The van der Waals surface area contributed by atoms with Crippen molar-refractivity contribution in [3.8, 4) is 0 Å². The van der Waals surface area contributed by atoms with E-state index in [0.29, 0.717) is 6.54 Å². The van der Waals surface area contributed by atoms with Gasteiger partial charge in [0.25, 0.3) is 5.91 Å². The topological polar surface area (TPSA) is 69.7 Å². The molecule has 0 aromatic carbocycles. The van der Waals surface area contributed by atoms with Crippen LogP contribution in [0.2, 0.25) is 0 Å². The number of thiophene rings is 1. The van der Waals surface area contributed by atoms with Crippen LogP contribution in [0.15, 0.2) is 17.5 Å². The van der Waals surface area contributed by atoms with E-state index in [1.54, 1.807) is 6.92 Å². The van der Waals surface area contributed by atoms with Crippen LogP contribution in [0, 0.1) is 0 Å². The number of hydrogen-bond acceptors (Lipinski definition) is 4. The molecule has 1 aromatic heterocycles. The van der Waals surface area contributed by atoms with E-state index in [1.165, 1.54) is 11.3 Å². The standard InChI is InChI=1S/C17H23N3O3S/c1-3-12-7-4-5-9-19(12)14(21)11-20-15(22)17(2,18-16(20)23)13-8-6-10-24-13/h6,8,10,12H,3-5,7,9,11H2,1-2H3,(H,18,23). The lowest BCUT2D eigenvalue weighted by molar-refractivity contribution is -0.141. The van der Waals surface area contributed by atoms with Gasteiger partial charge in [-0.1, -0.05) is 13.0 Å². The van der Waals surface area contributed by atoms with E-state index in [0.717, 1.165) is 35.5 Å². The molecule has 2 aliphatic rings. The predicted octanol–water partition coefficient (Wildman–Crippen LogP) is 2.31. The molecule has 7 heteroatoms. The Morgan fingerprint density at radius 2 is 2.21 bits per heavy atom. The number of imide groups is 1. The number of likely N-dealkylation sites (tertiary alicyclic amines) is 1. The zero-order valence-electron chi connectivity index (χ0n) is 14.1. The van der Waals surface area contributed by atoms with Crippen LogP contribution in [-0.2, 0) is 15.1 Å². The van der Waals surface area contributed by atoms with Gasteiger partial charge in [-0.05, 0) is 44.1 Å². The minimum atomic E-state index is -1.07. The van der Waals surface area contributed by atoms with Crippen molar-refractivity contribution >= 4 is 29.2 Å². The smallest absolute Gasteiger partial charge is 0.325 e. The first-order chi connectivity index (χ1) is 11.5. The summed E-state index contributed by atoms with van der Waals surface area (Å²) in [6.45, 7) is 4.29. The van der Waals surface area contributed by atoms with E-state index >= 15 is 0 Å². The molecule has 2 fully saturated rings. The molecule has 2 unspecified atom stereocenters. The van der Waals surface area contributed by atoms with Gasteiger partial charge in [-0.15, -0.1) is 11.3 Å². The second kappa shape index (κ2) is 6.55. The average molecular weight is 349 g/mol. The van der Waals surface area contributed by atoms with E-state index < -0.39 is 11.6 Å². The van der Waals surface area contributed by atoms with Crippen LogP contribution in [0.1, 0.15) is 44.4 Å². The molecule has 1 N–H and O–H groups in total. The fourth-order valence-electron chi connectivity index (χ4n) is 3.55. The van der Waals surface area contributed by atoms with Gasteiger partial charge in [0.05, 0.1) is 0 Å². The number of carbonyl (C=O) groups excluding carboxylic acids is 3. The van der Waals surface area contributed by atoms with Gasteiger partial charge in [-0.3, -0.25) is 14.5 Å². The molecule has 2 aliphatic heterocycles. The van der Waals surface area contributed by atoms with Crippen LogP contribution in [0.5, 0.6) is 0 Å². The highest BCUT2D eigenvalue weighted by Crippen LogP contribution is 2.32. The lowest BCUT2D eigenvalue weighted by Gasteiger charge is -2.36. The third kappa shape index (κ3) is 2.81. The summed E-state index contributed by atoms with van der Waals surface area (Å²) in [6.07, 6.45) is 4.01. The van der Waals surface area contributed by atoms with Gasteiger partial charge >= 0.3 is 6.03 Å². The molecule has 2 atom stereocenters. The zero-order valence-corrected chi connectivity index (χ0v) is 14.9. The summed E-state index contributed by atoms with van der Waals surface area (Å²) < 4.78 is 0. The molecule has 0 spiro atoms. The Morgan fingerprint density at radius 1 is 1.42 bits per heavy atom. The molecule has 0 aliphatic carbocycles. The van der Waals surface area contributed by atoms with Crippen molar-refractivity contribution in [3.05, 3.63) is 22.4 Å². The van der Waals surface area contributed by atoms with Crippen molar-refractivity contribution in [2.24, 2.45) is 0 Å². The Kier molecular flexibility index (Phi) is 4.62. The Morgan fingerprint density at radius 3 is 2.88 bits per heavy atom. The number of urea groups is 1. The molecule has 1 aromatic rings. The number of rotatable bonds is 4. The van der Waals surface area contributed by atoms with E-state index in [2.05, 4.69) is 12.2 Å². The summed E-state index contributed by atoms with van der Waals surface area (Å²) in [4.78, 5) is 41.4. The third-order valence-electron chi connectivity index (χ3n) is 5.00. The van der Waals surface area contributed by atoms with Crippen LogP contribution in [0.4, 0.5) is 4.79 Å². The SMILES string of the molecule is CCC1CCCCN1C(=O)CN1C(=O)NC(C)(c2cccs2)C1=O. The molecule has 0 radical (unpaired) electrons. The van der Waals surface area contributed by atoms with Crippen LogP contribution in [0.25, 0.3) is 0 Å². The summed E-state index contributed by atoms with van der Waals surface area (Å²) in [7, 11) is 0. The average Bonchev–Trinajstić information content (AvgIpc) is 3.19. The molecular weight excluding hydrogens is 326 g/mol. The van der Waals surface area contributed by atoms with Crippen LogP contribution in [-0.4, -0.2) is 46.8 Å². The second-order valence-electron chi connectivity index (χ2n) is 6.57. The Balaban J connectivity index is 1.74. The quantitative estimate of drug-likeness (QED) is 0.848. The second-order valence-corrected chi connectivity index (χ2v) is 7.52. The minimum absolute atomic E-state index is 0.138. The molecule has 4 amide bonds. The molecule has 6 nitrogen and oxygen atoms in total. The van der Waals surface area contributed by atoms with Gasteiger partial charge in [0, 0.05) is 17.5 Å². The molecule has 2 saturated heterocycles. The lowest BCUT2D eigenvalue weighted by atomic mass is 9.99. The normalized spacial score (nSPS) is 27.5. The minimum Gasteiger partial charge on any atom is -0.338 e. The molecular formula is C17H23N3O3S. The van der Waals surface area contributed by atoms with Gasteiger partial charge in [0.1, 0.15) is 6.54 Å². The molecule has 3 rings (SSSR count).